The number of nitrogens with one attached hydrogen (secondary N) is 1. The van der Waals surface area contributed by atoms with Gasteiger partial charge >= 0.3 is 0 Å². The Morgan fingerprint density at radius 3 is 2.40 bits per heavy atom. The second-order valence-electron chi connectivity index (χ2n) is 5.50. The highest BCUT2D eigenvalue weighted by Crippen LogP contribution is 2.20. The first kappa shape index (κ1) is 19.4. The zero-order valence-electron chi connectivity index (χ0n) is 13.1. The molecule has 25 heavy (non-hydrogen) atoms. The van der Waals surface area contributed by atoms with Crippen molar-refractivity contribution in [2.75, 3.05) is 19.7 Å². The van der Waals surface area contributed by atoms with Crippen molar-refractivity contribution in [1.82, 2.24) is 10.2 Å². The van der Waals surface area contributed by atoms with Gasteiger partial charge in [0.15, 0.2) is 12.6 Å². The fourth-order valence-corrected chi connectivity index (χ4v) is 2.29. The Morgan fingerprint density at radius 2 is 1.76 bits per heavy atom. The van der Waals surface area contributed by atoms with Gasteiger partial charge in [-0.15, -0.1) is 0 Å². The lowest BCUT2D eigenvalue weighted by molar-refractivity contribution is -0.339. The lowest BCUT2D eigenvalue weighted by Gasteiger charge is -2.37. The Kier molecular flexibility index (Phi) is 6.58. The van der Waals surface area contributed by atoms with Gasteiger partial charge in [-0.2, -0.15) is 0 Å². The summed E-state index contributed by atoms with van der Waals surface area (Å²) in [7, 11) is 0. The van der Waals surface area contributed by atoms with E-state index in [1.807, 2.05) is 0 Å². The number of aliphatic hydroxyl groups excluding tert-OH is 4. The molecule has 11 nitrogen and oxygen atoms in total. The number of ether oxygens (including phenoxy) is 2. The fourth-order valence-electron chi connectivity index (χ4n) is 2.29. The molecule has 2 aliphatic heterocycles. The molecule has 0 aromatic carbocycles. The van der Waals surface area contributed by atoms with E-state index < -0.39 is 48.6 Å². The maximum absolute atomic E-state index is 11.6. The molecule has 0 aromatic rings. The van der Waals surface area contributed by atoms with Crippen molar-refractivity contribution in [3.63, 3.8) is 0 Å². The minimum Gasteiger partial charge on any atom is -0.387 e. The van der Waals surface area contributed by atoms with Crippen LogP contribution in [0.4, 0.5) is 0 Å². The number of hydrogen-bond acceptors (Lipinski definition) is 9. The third-order valence-corrected chi connectivity index (χ3v) is 3.71. The van der Waals surface area contributed by atoms with Crippen LogP contribution in [-0.4, -0.2) is 93.6 Å². The Bertz CT molecular complexity index is 534. The molecule has 2 aliphatic rings. The van der Waals surface area contributed by atoms with Gasteiger partial charge in [0.2, 0.25) is 5.91 Å². The number of aliphatic hydroxyl groups is 4. The first-order valence-corrected chi connectivity index (χ1v) is 7.61. The molecule has 1 saturated heterocycles. The van der Waals surface area contributed by atoms with Crippen molar-refractivity contribution >= 4 is 17.7 Å². The summed E-state index contributed by atoms with van der Waals surface area (Å²) < 4.78 is 9.90. The third kappa shape index (κ3) is 4.81. The van der Waals surface area contributed by atoms with E-state index in [0.717, 1.165) is 17.1 Å². The highest BCUT2D eigenvalue weighted by atomic mass is 16.7. The van der Waals surface area contributed by atoms with E-state index in [-0.39, 0.29) is 26.1 Å². The van der Waals surface area contributed by atoms with E-state index in [1.165, 1.54) is 0 Å². The second kappa shape index (κ2) is 8.47. The molecular formula is C14H20N2O9. The number of amides is 3. The quantitative estimate of drug-likeness (QED) is 0.226. The predicted molar refractivity (Wildman–Crippen MR) is 78.3 cm³/mol. The highest BCUT2D eigenvalue weighted by molar-refractivity contribution is 6.13. The highest BCUT2D eigenvalue weighted by Gasteiger charge is 2.43. The van der Waals surface area contributed by atoms with Gasteiger partial charge in [-0.3, -0.25) is 19.3 Å². The molecule has 0 saturated carbocycles. The third-order valence-electron chi connectivity index (χ3n) is 3.71. The normalized spacial score (nSPS) is 32.3. The minimum absolute atomic E-state index is 0.0281. The van der Waals surface area contributed by atoms with Crippen molar-refractivity contribution in [3.8, 4) is 0 Å². The van der Waals surface area contributed by atoms with E-state index in [2.05, 4.69) is 5.32 Å². The molecule has 0 spiro atoms. The van der Waals surface area contributed by atoms with Crippen LogP contribution in [0.1, 0.15) is 6.42 Å². The smallest absolute Gasteiger partial charge is 0.253 e. The molecule has 140 valence electrons. The van der Waals surface area contributed by atoms with Gasteiger partial charge in [0, 0.05) is 31.7 Å². The molecule has 0 bridgehead atoms. The number of carbonyl (C=O) groups is 3. The molecular weight excluding hydrogens is 340 g/mol. The lowest BCUT2D eigenvalue weighted by atomic mass is 10.0. The average Bonchev–Trinajstić information content (AvgIpc) is 2.90. The SMILES string of the molecule is O=C(CCN1C(=O)C=CC1=O)NCCOC1O[C@H](O)[C@@H](O)[C@H](O)[C@@H]1O. The van der Waals surface area contributed by atoms with Gasteiger partial charge in [-0.1, -0.05) is 0 Å². The molecule has 0 radical (unpaired) electrons. The van der Waals surface area contributed by atoms with E-state index in [1.54, 1.807) is 0 Å². The summed E-state index contributed by atoms with van der Waals surface area (Å²) in [6, 6.07) is 0. The molecule has 11 heteroatoms. The summed E-state index contributed by atoms with van der Waals surface area (Å²) in [6.07, 6.45) is -5.74. The molecule has 2 rings (SSSR count). The number of hydrogen-bond donors (Lipinski definition) is 5. The summed E-state index contributed by atoms with van der Waals surface area (Å²) in [5.41, 5.74) is 0. The Morgan fingerprint density at radius 1 is 1.12 bits per heavy atom. The lowest BCUT2D eigenvalue weighted by Crippen LogP contribution is -2.58. The van der Waals surface area contributed by atoms with Gasteiger partial charge < -0.3 is 35.2 Å². The molecule has 3 amide bonds. The average molecular weight is 360 g/mol. The first-order chi connectivity index (χ1) is 11.8. The maximum Gasteiger partial charge on any atom is 0.253 e. The summed E-state index contributed by atoms with van der Waals surface area (Å²) in [5, 5.41) is 40.3. The van der Waals surface area contributed by atoms with Crippen LogP contribution in [0.2, 0.25) is 0 Å². The Balaban J connectivity index is 1.63. The summed E-state index contributed by atoms with van der Waals surface area (Å²) in [5.74, 6) is -1.36. The second-order valence-corrected chi connectivity index (χ2v) is 5.50. The molecule has 2 heterocycles. The predicted octanol–water partition coefficient (Wildman–Crippen LogP) is -3.81. The Hall–Kier alpha value is -1.89. The van der Waals surface area contributed by atoms with Crippen LogP contribution in [0.25, 0.3) is 0 Å². The number of imide groups is 1. The van der Waals surface area contributed by atoms with E-state index >= 15 is 0 Å². The van der Waals surface area contributed by atoms with Crippen LogP contribution in [0.15, 0.2) is 12.2 Å². The van der Waals surface area contributed by atoms with Crippen molar-refractivity contribution in [2.24, 2.45) is 0 Å². The van der Waals surface area contributed by atoms with Crippen molar-refractivity contribution < 1.29 is 44.3 Å². The topological polar surface area (TPSA) is 166 Å². The van der Waals surface area contributed by atoms with Crippen molar-refractivity contribution in [1.29, 1.82) is 0 Å². The maximum atomic E-state index is 11.6. The molecule has 0 aromatic heterocycles. The largest absolute Gasteiger partial charge is 0.387 e. The number of nitrogens with zero attached hydrogens (tertiary/aromatic N) is 1. The van der Waals surface area contributed by atoms with Gasteiger partial charge in [0.25, 0.3) is 11.8 Å². The molecule has 5 atom stereocenters. The zero-order chi connectivity index (χ0) is 18.6. The van der Waals surface area contributed by atoms with Gasteiger partial charge in [-0.25, -0.2) is 0 Å². The van der Waals surface area contributed by atoms with Crippen LogP contribution < -0.4 is 5.32 Å². The monoisotopic (exact) mass is 360 g/mol. The van der Waals surface area contributed by atoms with Crippen LogP contribution >= 0.6 is 0 Å². The van der Waals surface area contributed by atoms with Crippen molar-refractivity contribution in [2.45, 2.75) is 37.3 Å². The molecule has 5 N–H and O–H groups in total. The van der Waals surface area contributed by atoms with Gasteiger partial charge in [0.05, 0.1) is 6.61 Å². The minimum atomic E-state index is -1.71. The summed E-state index contributed by atoms with van der Waals surface area (Å²) >= 11 is 0. The zero-order valence-corrected chi connectivity index (χ0v) is 13.1. The van der Waals surface area contributed by atoms with E-state index in [0.29, 0.717) is 0 Å². The van der Waals surface area contributed by atoms with Gasteiger partial charge in [-0.05, 0) is 0 Å². The van der Waals surface area contributed by atoms with Crippen molar-refractivity contribution in [3.05, 3.63) is 12.2 Å². The summed E-state index contributed by atoms with van der Waals surface area (Å²) in [4.78, 5) is 35.2. The van der Waals surface area contributed by atoms with Crippen LogP contribution in [0.5, 0.6) is 0 Å². The number of carbonyl (C=O) groups excluding carboxylic acids is 3. The van der Waals surface area contributed by atoms with Crippen LogP contribution in [-0.2, 0) is 23.9 Å². The van der Waals surface area contributed by atoms with Gasteiger partial charge in [0.1, 0.15) is 18.3 Å². The molecule has 1 unspecified atom stereocenters. The fraction of sp³-hybridized carbons (Fsp3) is 0.643. The van der Waals surface area contributed by atoms with Crippen LogP contribution in [0, 0.1) is 0 Å². The first-order valence-electron chi connectivity index (χ1n) is 7.61. The molecule has 0 aliphatic carbocycles. The standard InChI is InChI=1S/C14H20N2O9/c17-7(3-5-16-8(18)1-2-9(16)19)15-4-6-24-14-12(22)10(20)11(21)13(23)25-14/h1-2,10-14,20-23H,3-6H2,(H,15,17)/t10-,11-,12-,13-,14?/m0/s1. The van der Waals surface area contributed by atoms with E-state index in [4.69, 9.17) is 9.47 Å². The molecule has 1 fully saturated rings. The van der Waals surface area contributed by atoms with E-state index in [9.17, 15) is 34.8 Å². The Labute approximate surface area is 142 Å². The summed E-state index contributed by atoms with van der Waals surface area (Å²) in [6.45, 7) is -0.121. The van der Waals surface area contributed by atoms with Crippen LogP contribution in [0.3, 0.4) is 0 Å². The number of rotatable bonds is 7.